The van der Waals surface area contributed by atoms with Crippen molar-refractivity contribution in [2.45, 2.75) is 39.0 Å². The molecule has 0 aliphatic rings. The van der Waals surface area contributed by atoms with Gasteiger partial charge in [-0.2, -0.15) is 0 Å². The number of ether oxygens (including phenoxy) is 1. The number of rotatable bonds is 7. The van der Waals surface area contributed by atoms with Gasteiger partial charge in [0.15, 0.2) is 5.01 Å². The molecule has 0 saturated heterocycles. The minimum atomic E-state index is -0.381. The van der Waals surface area contributed by atoms with Crippen molar-refractivity contribution in [3.63, 3.8) is 0 Å². The highest BCUT2D eigenvalue weighted by molar-refractivity contribution is 7.10. The summed E-state index contributed by atoms with van der Waals surface area (Å²) in [5.41, 5.74) is 1.81. The van der Waals surface area contributed by atoms with Gasteiger partial charge >= 0.3 is 0 Å². The summed E-state index contributed by atoms with van der Waals surface area (Å²) in [5.74, 6) is 12.2. The van der Waals surface area contributed by atoms with Crippen molar-refractivity contribution in [2.24, 2.45) is 0 Å². The lowest BCUT2D eigenvalue weighted by Gasteiger charge is -2.05. The highest BCUT2D eigenvalue weighted by Crippen LogP contribution is 2.14. The van der Waals surface area contributed by atoms with Crippen LogP contribution in [-0.4, -0.2) is 11.6 Å². The third kappa shape index (κ3) is 7.07. The summed E-state index contributed by atoms with van der Waals surface area (Å²) in [6.07, 6.45) is 7.79. The van der Waals surface area contributed by atoms with Crippen LogP contribution in [0.4, 0.5) is 4.39 Å². The summed E-state index contributed by atoms with van der Waals surface area (Å²) in [6, 6.07) is 12.5. The quantitative estimate of drug-likeness (QED) is 0.326. The molecule has 30 heavy (non-hydrogen) atoms. The molecule has 1 aromatic heterocycles. The van der Waals surface area contributed by atoms with Crippen molar-refractivity contribution in [1.29, 1.82) is 0 Å². The Balaban J connectivity index is 1.54. The standard InChI is InChI=1S/C26H24FNOS/c1-2-3-4-5-6-18-29-24-14-10-21(11-15-24)7-8-22-9-12-23(25(27)20-22)13-16-26-28-17-19-30-26/h9-12,14-15,17,19-20H,2-6,18H2,1H3. The number of nitrogens with zero attached hydrogens (tertiary/aromatic N) is 1. The number of halogens is 1. The summed E-state index contributed by atoms with van der Waals surface area (Å²) >= 11 is 1.43. The second-order valence-corrected chi connectivity index (χ2v) is 7.71. The molecule has 0 aliphatic carbocycles. The Morgan fingerprint density at radius 1 is 0.900 bits per heavy atom. The van der Waals surface area contributed by atoms with Gasteiger partial charge in [0.2, 0.25) is 0 Å². The molecule has 0 amide bonds. The number of benzene rings is 2. The second kappa shape index (κ2) is 11.8. The molecule has 0 unspecified atom stereocenters. The second-order valence-electron chi connectivity index (χ2n) is 6.82. The predicted molar refractivity (Wildman–Crippen MR) is 121 cm³/mol. The van der Waals surface area contributed by atoms with Crippen LogP contribution in [0.3, 0.4) is 0 Å². The lowest BCUT2D eigenvalue weighted by atomic mass is 10.1. The number of unbranched alkanes of at least 4 members (excludes halogenated alkanes) is 4. The summed E-state index contributed by atoms with van der Waals surface area (Å²) in [6.45, 7) is 2.96. The lowest BCUT2D eigenvalue weighted by Crippen LogP contribution is -1.97. The summed E-state index contributed by atoms with van der Waals surface area (Å²) < 4.78 is 20.0. The Labute approximate surface area is 182 Å². The molecule has 2 nitrogen and oxygen atoms in total. The van der Waals surface area contributed by atoms with E-state index in [1.807, 2.05) is 29.6 Å². The first-order valence-electron chi connectivity index (χ1n) is 10.2. The first kappa shape index (κ1) is 21.6. The summed E-state index contributed by atoms with van der Waals surface area (Å²) in [7, 11) is 0. The third-order valence-electron chi connectivity index (χ3n) is 4.43. The SMILES string of the molecule is CCCCCCCOc1ccc(C#Cc2ccc(C#Cc3nccs3)c(F)c2)cc1. The molecular formula is C26H24FNOS. The van der Waals surface area contributed by atoms with E-state index in [4.69, 9.17) is 4.74 Å². The van der Waals surface area contributed by atoms with Gasteiger partial charge in [0.05, 0.1) is 12.2 Å². The maximum absolute atomic E-state index is 14.3. The first-order chi connectivity index (χ1) is 14.7. The van der Waals surface area contributed by atoms with Crippen molar-refractivity contribution < 1.29 is 9.13 Å². The van der Waals surface area contributed by atoms with Crippen LogP contribution in [0.2, 0.25) is 0 Å². The Morgan fingerprint density at radius 3 is 2.40 bits per heavy atom. The van der Waals surface area contributed by atoms with Crippen molar-refractivity contribution in [2.75, 3.05) is 6.61 Å². The molecule has 2 aromatic carbocycles. The largest absolute Gasteiger partial charge is 0.494 e. The van der Waals surface area contributed by atoms with Gasteiger partial charge in [-0.05, 0) is 54.8 Å². The average molecular weight is 418 g/mol. The highest BCUT2D eigenvalue weighted by atomic mass is 32.1. The zero-order valence-electron chi connectivity index (χ0n) is 17.1. The highest BCUT2D eigenvalue weighted by Gasteiger charge is 2.00. The fourth-order valence-corrected chi connectivity index (χ4v) is 3.26. The maximum Gasteiger partial charge on any atom is 0.167 e. The summed E-state index contributed by atoms with van der Waals surface area (Å²) in [4.78, 5) is 4.07. The number of aromatic nitrogens is 1. The van der Waals surface area contributed by atoms with Crippen molar-refractivity contribution in [3.8, 4) is 29.4 Å². The van der Waals surface area contributed by atoms with E-state index in [1.165, 1.54) is 43.1 Å². The van der Waals surface area contributed by atoms with E-state index in [0.29, 0.717) is 16.1 Å². The maximum atomic E-state index is 14.3. The van der Waals surface area contributed by atoms with Crippen LogP contribution < -0.4 is 4.74 Å². The van der Waals surface area contributed by atoms with E-state index in [9.17, 15) is 4.39 Å². The smallest absolute Gasteiger partial charge is 0.167 e. The Morgan fingerprint density at radius 2 is 1.67 bits per heavy atom. The minimum Gasteiger partial charge on any atom is -0.494 e. The molecule has 0 aliphatic heterocycles. The van der Waals surface area contributed by atoms with E-state index in [1.54, 1.807) is 18.3 Å². The number of thiazole rings is 1. The molecule has 1 heterocycles. The molecule has 4 heteroatoms. The molecule has 3 rings (SSSR count). The zero-order chi connectivity index (χ0) is 21.0. The molecule has 152 valence electrons. The van der Waals surface area contributed by atoms with Crippen LogP contribution in [0, 0.1) is 29.5 Å². The van der Waals surface area contributed by atoms with Crippen LogP contribution in [0.5, 0.6) is 5.75 Å². The Kier molecular flexibility index (Phi) is 8.51. The van der Waals surface area contributed by atoms with Gasteiger partial charge < -0.3 is 4.74 Å². The van der Waals surface area contributed by atoms with E-state index < -0.39 is 0 Å². The zero-order valence-corrected chi connectivity index (χ0v) is 17.9. The van der Waals surface area contributed by atoms with Gasteiger partial charge in [-0.3, -0.25) is 0 Å². The van der Waals surface area contributed by atoms with Gasteiger partial charge in [0.1, 0.15) is 11.6 Å². The van der Waals surface area contributed by atoms with Gasteiger partial charge in [-0.1, -0.05) is 50.4 Å². The first-order valence-corrected chi connectivity index (χ1v) is 11.1. The van der Waals surface area contributed by atoms with Crippen molar-refractivity contribution >= 4 is 11.3 Å². The molecule has 3 aromatic rings. The minimum absolute atomic E-state index is 0.340. The molecule has 0 radical (unpaired) electrons. The van der Waals surface area contributed by atoms with E-state index >= 15 is 0 Å². The Bertz CT molecular complexity index is 1050. The molecule has 0 spiro atoms. The topological polar surface area (TPSA) is 22.1 Å². The third-order valence-corrected chi connectivity index (χ3v) is 5.12. The number of hydrogen-bond acceptors (Lipinski definition) is 3. The van der Waals surface area contributed by atoms with E-state index in [2.05, 4.69) is 35.6 Å². The van der Waals surface area contributed by atoms with Gasteiger partial charge in [-0.15, -0.1) is 11.3 Å². The number of hydrogen-bond donors (Lipinski definition) is 0. The monoisotopic (exact) mass is 417 g/mol. The predicted octanol–water partition coefficient (Wildman–Crippen LogP) is 6.43. The van der Waals surface area contributed by atoms with Crippen molar-refractivity contribution in [3.05, 3.63) is 81.6 Å². The molecule has 0 bridgehead atoms. The summed E-state index contributed by atoms with van der Waals surface area (Å²) in [5, 5.41) is 2.51. The van der Waals surface area contributed by atoms with E-state index in [-0.39, 0.29) is 5.82 Å². The van der Waals surface area contributed by atoms with E-state index in [0.717, 1.165) is 24.3 Å². The van der Waals surface area contributed by atoms with Crippen LogP contribution in [0.25, 0.3) is 0 Å². The molecule has 0 atom stereocenters. The lowest BCUT2D eigenvalue weighted by molar-refractivity contribution is 0.304. The van der Waals surface area contributed by atoms with Crippen molar-refractivity contribution in [1.82, 2.24) is 4.98 Å². The van der Waals surface area contributed by atoms with Gasteiger partial charge in [-0.25, -0.2) is 9.37 Å². The van der Waals surface area contributed by atoms with Crippen LogP contribution >= 0.6 is 11.3 Å². The molecular weight excluding hydrogens is 393 g/mol. The molecule has 0 N–H and O–H groups in total. The van der Waals surface area contributed by atoms with Crippen LogP contribution in [0.15, 0.2) is 54.0 Å². The average Bonchev–Trinajstić information content (AvgIpc) is 3.28. The van der Waals surface area contributed by atoms with Gasteiger partial charge in [0, 0.05) is 22.7 Å². The fourth-order valence-electron chi connectivity index (χ4n) is 2.77. The van der Waals surface area contributed by atoms with Crippen LogP contribution in [-0.2, 0) is 0 Å². The van der Waals surface area contributed by atoms with Gasteiger partial charge in [0.25, 0.3) is 0 Å². The molecule has 0 saturated carbocycles. The Hall–Kier alpha value is -3.08. The van der Waals surface area contributed by atoms with Crippen LogP contribution in [0.1, 0.15) is 60.7 Å². The molecule has 0 fully saturated rings. The normalized spacial score (nSPS) is 9.93. The fraction of sp³-hybridized carbons (Fsp3) is 0.269.